The number of hydrogen-bond donors (Lipinski definition) is 2. The first kappa shape index (κ1) is 39.2. The number of aromatic carboxylic acids is 1. The molecule has 3 aromatic heterocycles. The number of pyridine rings is 2. The van der Waals surface area contributed by atoms with E-state index in [-0.39, 0.29) is 112 Å². The van der Waals surface area contributed by atoms with Gasteiger partial charge in [-0.05, 0) is 36.8 Å². The number of β-lactam (4-membered cyclic amide) rings is 1. The van der Waals surface area contributed by atoms with E-state index in [0.29, 0.717) is 13.0 Å². The van der Waals surface area contributed by atoms with Crippen molar-refractivity contribution in [3.8, 4) is 0 Å². The van der Waals surface area contributed by atoms with Crippen molar-refractivity contribution < 1.29 is 102 Å². The molecule has 3 aliphatic heterocycles. The van der Waals surface area contributed by atoms with E-state index in [1.165, 1.54) is 29.3 Å². The van der Waals surface area contributed by atoms with Crippen LogP contribution in [0.3, 0.4) is 0 Å². The number of fused-ring (bicyclic) bond motifs is 2. The molecule has 3 amide bonds. The van der Waals surface area contributed by atoms with Crippen molar-refractivity contribution in [2.75, 3.05) is 30.3 Å². The number of rotatable bonds is 10. The Labute approximate surface area is 341 Å². The summed E-state index contributed by atoms with van der Waals surface area (Å²) in [4.78, 5) is 82.2. The second kappa shape index (κ2) is 16.0. The smallest absolute Gasteiger partial charge is 0.545 e. The van der Waals surface area contributed by atoms with Crippen molar-refractivity contribution in [2.24, 2.45) is 0 Å². The zero-order valence-corrected chi connectivity index (χ0v) is 33.1. The van der Waals surface area contributed by atoms with Crippen molar-refractivity contribution in [3.05, 3.63) is 67.5 Å². The van der Waals surface area contributed by atoms with Gasteiger partial charge in [-0.1, -0.05) is 6.07 Å². The van der Waals surface area contributed by atoms with Crippen LogP contribution in [0.2, 0.25) is 0 Å². The average molecular weight is 757 g/mol. The molecule has 0 spiro atoms. The van der Waals surface area contributed by atoms with Crippen molar-refractivity contribution in [1.29, 1.82) is 0 Å². The fourth-order valence-corrected chi connectivity index (χ4v) is 8.28. The van der Waals surface area contributed by atoms with Crippen LogP contribution in [0.15, 0.2) is 45.8 Å². The summed E-state index contributed by atoms with van der Waals surface area (Å²) in [6.07, 6.45) is 2.31. The summed E-state index contributed by atoms with van der Waals surface area (Å²) in [5, 5.41) is 29.9. The second-order valence-electron chi connectivity index (χ2n) is 12.1. The van der Waals surface area contributed by atoms with Gasteiger partial charge >= 0.3 is 65.2 Å². The van der Waals surface area contributed by atoms with Gasteiger partial charge in [-0.2, -0.15) is 0 Å². The van der Waals surface area contributed by atoms with E-state index in [4.69, 9.17) is 4.74 Å². The maximum atomic E-state index is 15.3. The Bertz CT molecular complexity index is 2010. The van der Waals surface area contributed by atoms with Crippen LogP contribution in [0.5, 0.6) is 0 Å². The van der Waals surface area contributed by atoms with Gasteiger partial charge in [0.15, 0.2) is 17.1 Å². The molecule has 3 atom stereocenters. The predicted octanol–water partition coefficient (Wildman–Crippen LogP) is -6.75. The number of ether oxygens (including phenoxy) is 1. The first-order chi connectivity index (χ1) is 23.5. The summed E-state index contributed by atoms with van der Waals surface area (Å²) in [5.74, 6) is -5.00. The molecule has 256 valence electrons. The van der Waals surface area contributed by atoms with Crippen molar-refractivity contribution in [1.82, 2.24) is 25.1 Å². The first-order valence-electron chi connectivity index (χ1n) is 15.3. The van der Waals surface area contributed by atoms with Crippen LogP contribution < -0.4 is 90.3 Å². The minimum Gasteiger partial charge on any atom is -0.545 e. The minimum absolute atomic E-state index is 0. The van der Waals surface area contributed by atoms with Crippen LogP contribution in [0.1, 0.15) is 40.5 Å². The largest absolute Gasteiger partial charge is 1.00 e. The summed E-state index contributed by atoms with van der Waals surface area (Å²) in [6, 6.07) is 3.12. The molecule has 1 unspecified atom stereocenters. The fourth-order valence-electron chi connectivity index (χ4n) is 6.25. The van der Waals surface area contributed by atoms with Crippen LogP contribution in [-0.2, 0) is 25.5 Å². The standard InChI is InChI=1S/C31H29FN6O9S2.2Na/c32-20-9-18-24(40)19(29(42)43)11-37(16-3-4-16)25(18)35-26(20)36-6-5-15(10-36)33-31(46)47-12-14-13-49-28-22(27(41)38(28)23(14)30(44)45)34-21(39)8-17-2-1-7-48-17;;/h1-2,7,9,11,15-16,22,28H,3-6,8,10,12-13H2,(H,33,46)(H,34,39)(H,42,43)(H,44,45);;/q;2*+1/p-2/t15?,22-,28-;;/m1../s1. The predicted molar refractivity (Wildman–Crippen MR) is 169 cm³/mol. The second-order valence-corrected chi connectivity index (χ2v) is 14.2. The number of nitrogens with one attached hydrogen (secondary N) is 2. The number of amides is 3. The molecule has 3 aromatic rings. The summed E-state index contributed by atoms with van der Waals surface area (Å²) in [7, 11) is 0. The molecule has 15 nitrogen and oxygen atoms in total. The number of carbonyl (C=O) groups is 5. The summed E-state index contributed by atoms with van der Waals surface area (Å²) in [5.41, 5.74) is -1.53. The van der Waals surface area contributed by atoms with Crippen LogP contribution in [0.4, 0.5) is 15.0 Å². The van der Waals surface area contributed by atoms with E-state index in [2.05, 4.69) is 15.6 Å². The molecule has 20 heteroatoms. The zero-order valence-electron chi connectivity index (χ0n) is 27.5. The van der Waals surface area contributed by atoms with E-state index >= 15 is 4.39 Å². The molecule has 51 heavy (non-hydrogen) atoms. The summed E-state index contributed by atoms with van der Waals surface area (Å²) >= 11 is 2.63. The number of carboxylic acid groups (broad SMARTS) is 2. The molecule has 1 saturated carbocycles. The SMILES string of the molecule is O=C(Cc1cccs1)N[C@@H]1C(=O)N2C(C(=O)[O-])=C(COC(=O)NC3CCN(c4nc5c(cc4F)c(=O)c(C(=O)[O-])cn5C4CC4)C3)CS[C@H]12.[Na+].[Na+]. The third-order valence-corrected chi connectivity index (χ3v) is 11.0. The number of carboxylic acids is 2. The molecule has 6 heterocycles. The maximum Gasteiger partial charge on any atom is 1.00 e. The molecule has 1 aliphatic carbocycles. The van der Waals surface area contributed by atoms with Gasteiger partial charge in [0.05, 0.1) is 41.0 Å². The molecule has 2 saturated heterocycles. The minimum atomic E-state index is -1.65. The molecule has 0 radical (unpaired) electrons. The van der Waals surface area contributed by atoms with Crippen molar-refractivity contribution in [2.45, 2.75) is 49.2 Å². The molecule has 4 aliphatic rings. The van der Waals surface area contributed by atoms with Gasteiger partial charge in [-0.15, -0.1) is 23.1 Å². The van der Waals surface area contributed by atoms with Crippen LogP contribution in [-0.4, -0.2) is 87.2 Å². The molecule has 0 aromatic carbocycles. The number of aliphatic carboxylic acids is 1. The summed E-state index contributed by atoms with van der Waals surface area (Å²) < 4.78 is 22.1. The Morgan fingerprint density at radius 1 is 1.08 bits per heavy atom. The Morgan fingerprint density at radius 2 is 1.84 bits per heavy atom. The van der Waals surface area contributed by atoms with E-state index in [1.54, 1.807) is 15.5 Å². The maximum absolute atomic E-state index is 15.3. The zero-order chi connectivity index (χ0) is 34.6. The number of thiophene rings is 1. The van der Waals surface area contributed by atoms with Gasteiger partial charge < -0.3 is 44.6 Å². The molecular weight excluding hydrogens is 729 g/mol. The number of halogens is 1. The third-order valence-electron chi connectivity index (χ3n) is 8.76. The van der Waals surface area contributed by atoms with E-state index < -0.39 is 70.5 Å². The quantitative estimate of drug-likeness (QED) is 0.146. The van der Waals surface area contributed by atoms with Gasteiger partial charge in [0.1, 0.15) is 23.7 Å². The Hall–Kier alpha value is -2.97. The normalized spacial score (nSPS) is 20.9. The van der Waals surface area contributed by atoms with E-state index in [0.717, 1.165) is 28.7 Å². The van der Waals surface area contributed by atoms with Crippen LogP contribution >= 0.6 is 23.1 Å². The number of thioether (sulfide) groups is 1. The van der Waals surface area contributed by atoms with Crippen LogP contribution in [0, 0.1) is 5.82 Å². The van der Waals surface area contributed by atoms with Gasteiger partial charge in [-0.25, -0.2) is 14.2 Å². The number of alkyl carbamates (subject to hydrolysis) is 1. The van der Waals surface area contributed by atoms with E-state index in [1.807, 2.05) is 11.4 Å². The number of anilines is 1. The average Bonchev–Trinajstić information content (AvgIpc) is 3.58. The Balaban J connectivity index is 0.00000252. The van der Waals surface area contributed by atoms with E-state index in [9.17, 15) is 39.0 Å². The van der Waals surface area contributed by atoms with Crippen LogP contribution in [0.25, 0.3) is 11.0 Å². The number of aromatic nitrogens is 2. The third kappa shape index (κ3) is 7.88. The Kier molecular flexibility index (Phi) is 12.3. The monoisotopic (exact) mass is 756 g/mol. The number of hydrogen-bond acceptors (Lipinski definition) is 13. The van der Waals surface area contributed by atoms with Crippen molar-refractivity contribution in [3.63, 3.8) is 0 Å². The fraction of sp³-hybridized carbons (Fsp3) is 0.387. The van der Waals surface area contributed by atoms with Gasteiger partial charge in [0, 0.05) is 41.5 Å². The first-order valence-corrected chi connectivity index (χ1v) is 17.3. The topological polar surface area (TPSA) is 206 Å². The van der Waals surface area contributed by atoms with Gasteiger partial charge in [0.25, 0.3) is 5.91 Å². The van der Waals surface area contributed by atoms with Crippen molar-refractivity contribution >= 4 is 69.8 Å². The molecule has 0 bridgehead atoms. The summed E-state index contributed by atoms with van der Waals surface area (Å²) in [6.45, 7) is 0.00484. The molecule has 2 N–H and O–H groups in total. The molecule has 3 fully saturated rings. The Morgan fingerprint density at radius 3 is 2.51 bits per heavy atom. The number of carbonyl (C=O) groups excluding carboxylic acids is 5. The molecular formula is C31H27FN6Na2O9S2. The van der Waals surface area contributed by atoms with Gasteiger partial charge in [-0.3, -0.25) is 19.3 Å². The number of nitrogens with zero attached hydrogens (tertiary/aromatic N) is 4. The molecule has 7 rings (SSSR count). The van der Waals surface area contributed by atoms with Gasteiger partial charge in [0.2, 0.25) is 5.91 Å².